The molecule has 17 heavy (non-hydrogen) atoms. The molecule has 0 radical (unpaired) electrons. The first-order valence-electron chi connectivity index (χ1n) is 5.11. The Morgan fingerprint density at radius 3 is 2.94 bits per heavy atom. The highest BCUT2D eigenvalue weighted by Crippen LogP contribution is 2.28. The highest BCUT2D eigenvalue weighted by molar-refractivity contribution is 7.13. The molecule has 0 spiro atoms. The number of aromatic nitrogens is 2. The summed E-state index contributed by atoms with van der Waals surface area (Å²) in [4.78, 5) is 5.38. The monoisotopic (exact) mass is 248 g/mol. The Hall–Kier alpha value is -1.72. The third kappa shape index (κ3) is 1.64. The number of rotatable bonds is 2. The molecule has 86 valence electrons. The van der Waals surface area contributed by atoms with E-state index in [-0.39, 0.29) is 12.4 Å². The lowest BCUT2D eigenvalue weighted by Crippen LogP contribution is -1.94. The van der Waals surface area contributed by atoms with E-state index >= 15 is 0 Å². The van der Waals surface area contributed by atoms with Crippen LogP contribution in [0.2, 0.25) is 0 Å². The minimum atomic E-state index is -0.345. The molecule has 5 heteroatoms. The highest BCUT2D eigenvalue weighted by Gasteiger charge is 2.14. The third-order valence-electron chi connectivity index (χ3n) is 2.59. The van der Waals surface area contributed by atoms with Gasteiger partial charge in [-0.3, -0.25) is 4.40 Å². The van der Waals surface area contributed by atoms with Crippen molar-refractivity contribution in [3.8, 4) is 10.6 Å². The number of imidazole rings is 1. The van der Waals surface area contributed by atoms with E-state index in [4.69, 9.17) is 0 Å². The second kappa shape index (κ2) is 3.94. The Morgan fingerprint density at radius 1 is 1.35 bits per heavy atom. The molecule has 3 aromatic heterocycles. The van der Waals surface area contributed by atoms with E-state index in [0.29, 0.717) is 17.0 Å². The lowest BCUT2D eigenvalue weighted by atomic mass is 10.3. The fraction of sp³-hybridized carbons (Fsp3) is 0.0833. The summed E-state index contributed by atoms with van der Waals surface area (Å²) in [6, 6.07) is 6.82. The zero-order chi connectivity index (χ0) is 11.8. The smallest absolute Gasteiger partial charge is 0.139 e. The minimum absolute atomic E-state index is 0.169. The van der Waals surface area contributed by atoms with Crippen LogP contribution in [-0.2, 0) is 6.61 Å². The molecule has 1 N–H and O–H groups in total. The van der Waals surface area contributed by atoms with Gasteiger partial charge in [0.05, 0.1) is 17.2 Å². The lowest BCUT2D eigenvalue weighted by Gasteiger charge is -1.99. The first kappa shape index (κ1) is 10.4. The van der Waals surface area contributed by atoms with Gasteiger partial charge in [-0.05, 0) is 23.6 Å². The third-order valence-corrected chi connectivity index (χ3v) is 3.46. The number of halogens is 1. The summed E-state index contributed by atoms with van der Waals surface area (Å²) in [5, 5.41) is 11.4. The van der Waals surface area contributed by atoms with Crippen molar-refractivity contribution in [2.24, 2.45) is 0 Å². The predicted molar refractivity (Wildman–Crippen MR) is 64.4 cm³/mol. The SMILES string of the molecule is OCc1c(-c2cccs2)nc2ccc(F)cn12. The van der Waals surface area contributed by atoms with E-state index in [9.17, 15) is 9.50 Å². The van der Waals surface area contributed by atoms with E-state index in [1.165, 1.54) is 12.3 Å². The highest BCUT2D eigenvalue weighted by atomic mass is 32.1. The van der Waals surface area contributed by atoms with Crippen LogP contribution in [0.3, 0.4) is 0 Å². The Bertz CT molecular complexity index is 661. The van der Waals surface area contributed by atoms with Crippen molar-refractivity contribution in [3.05, 3.63) is 47.4 Å². The lowest BCUT2D eigenvalue weighted by molar-refractivity contribution is 0.276. The molecule has 3 nitrogen and oxygen atoms in total. The Morgan fingerprint density at radius 2 is 2.24 bits per heavy atom. The van der Waals surface area contributed by atoms with Crippen molar-refractivity contribution >= 4 is 17.0 Å². The molecule has 3 rings (SSSR count). The molecule has 3 heterocycles. The summed E-state index contributed by atoms with van der Waals surface area (Å²) in [5.74, 6) is -0.345. The molecule has 0 aromatic carbocycles. The predicted octanol–water partition coefficient (Wildman–Crippen LogP) is 2.69. The standard InChI is InChI=1S/C12H9FN2OS/c13-8-3-4-11-14-12(10-2-1-5-17-10)9(7-16)15(11)6-8/h1-6,16H,7H2. The molecule has 0 aliphatic heterocycles. The molecule has 0 amide bonds. The zero-order valence-corrected chi connectivity index (χ0v) is 9.62. The molecule has 0 bridgehead atoms. The van der Waals surface area contributed by atoms with Crippen molar-refractivity contribution < 1.29 is 9.50 Å². The number of hydrogen-bond donors (Lipinski definition) is 1. The van der Waals surface area contributed by atoms with Crippen molar-refractivity contribution in [2.45, 2.75) is 6.61 Å². The number of thiophene rings is 1. The zero-order valence-electron chi connectivity index (χ0n) is 8.80. The number of hydrogen-bond acceptors (Lipinski definition) is 3. The maximum atomic E-state index is 13.2. The van der Waals surface area contributed by atoms with Gasteiger partial charge in [-0.2, -0.15) is 0 Å². The van der Waals surface area contributed by atoms with Gasteiger partial charge in [0.1, 0.15) is 17.2 Å². The van der Waals surface area contributed by atoms with Crippen molar-refractivity contribution in [3.63, 3.8) is 0 Å². The average Bonchev–Trinajstić information content (AvgIpc) is 2.94. The number of aliphatic hydroxyl groups excluding tert-OH is 1. The Balaban J connectivity index is 2.32. The quantitative estimate of drug-likeness (QED) is 0.757. The second-order valence-corrected chi connectivity index (χ2v) is 4.57. The maximum absolute atomic E-state index is 13.2. The largest absolute Gasteiger partial charge is 0.390 e. The van der Waals surface area contributed by atoms with E-state index in [2.05, 4.69) is 4.98 Å². The fourth-order valence-corrected chi connectivity index (χ4v) is 2.57. The molecule has 0 atom stereocenters. The van der Waals surface area contributed by atoms with Gasteiger partial charge in [0.15, 0.2) is 0 Å². The molecule has 0 unspecified atom stereocenters. The van der Waals surface area contributed by atoms with Crippen LogP contribution in [0, 0.1) is 5.82 Å². The van der Waals surface area contributed by atoms with Gasteiger partial charge in [-0.15, -0.1) is 11.3 Å². The van der Waals surface area contributed by atoms with Crippen LogP contribution in [0.5, 0.6) is 0 Å². The molecule has 3 aromatic rings. The maximum Gasteiger partial charge on any atom is 0.139 e. The van der Waals surface area contributed by atoms with Crippen molar-refractivity contribution in [2.75, 3.05) is 0 Å². The summed E-state index contributed by atoms with van der Waals surface area (Å²) >= 11 is 1.54. The molecule has 0 fully saturated rings. The van der Waals surface area contributed by atoms with Gasteiger partial charge in [0, 0.05) is 6.20 Å². The molecule has 0 aliphatic carbocycles. The second-order valence-electron chi connectivity index (χ2n) is 3.62. The Labute approximate surface area is 101 Å². The van der Waals surface area contributed by atoms with Crippen molar-refractivity contribution in [1.29, 1.82) is 0 Å². The van der Waals surface area contributed by atoms with Crippen LogP contribution in [0.25, 0.3) is 16.2 Å². The first-order valence-corrected chi connectivity index (χ1v) is 5.99. The van der Waals surface area contributed by atoms with Crippen LogP contribution in [0.1, 0.15) is 5.69 Å². The van der Waals surface area contributed by atoms with Crippen molar-refractivity contribution in [1.82, 2.24) is 9.38 Å². The van der Waals surface area contributed by atoms with Gasteiger partial charge in [-0.25, -0.2) is 9.37 Å². The molecular weight excluding hydrogens is 239 g/mol. The first-order chi connectivity index (χ1) is 8.29. The molecule has 0 saturated carbocycles. The molecule has 0 saturated heterocycles. The minimum Gasteiger partial charge on any atom is -0.390 e. The van der Waals surface area contributed by atoms with Crippen LogP contribution in [-0.4, -0.2) is 14.5 Å². The summed E-state index contributed by atoms with van der Waals surface area (Å²) in [6.07, 6.45) is 1.34. The average molecular weight is 248 g/mol. The number of aliphatic hydroxyl groups is 1. The van der Waals surface area contributed by atoms with Crippen LogP contribution in [0.15, 0.2) is 35.8 Å². The summed E-state index contributed by atoms with van der Waals surface area (Å²) < 4.78 is 14.8. The molecule has 0 aliphatic rings. The fourth-order valence-electron chi connectivity index (χ4n) is 1.83. The van der Waals surface area contributed by atoms with Crippen LogP contribution < -0.4 is 0 Å². The summed E-state index contributed by atoms with van der Waals surface area (Å²) in [7, 11) is 0. The number of nitrogens with zero attached hydrogens (tertiary/aromatic N) is 2. The van der Waals surface area contributed by atoms with Gasteiger partial charge in [0.25, 0.3) is 0 Å². The van der Waals surface area contributed by atoms with Gasteiger partial charge < -0.3 is 5.11 Å². The van der Waals surface area contributed by atoms with E-state index in [0.717, 1.165) is 4.88 Å². The van der Waals surface area contributed by atoms with E-state index in [1.807, 2.05) is 17.5 Å². The van der Waals surface area contributed by atoms with Crippen LogP contribution in [0.4, 0.5) is 4.39 Å². The number of pyridine rings is 1. The molecular formula is C12H9FN2OS. The van der Waals surface area contributed by atoms with Gasteiger partial charge >= 0.3 is 0 Å². The normalized spacial score (nSPS) is 11.2. The topological polar surface area (TPSA) is 37.5 Å². The van der Waals surface area contributed by atoms with E-state index < -0.39 is 0 Å². The van der Waals surface area contributed by atoms with Gasteiger partial charge in [-0.1, -0.05) is 6.07 Å². The summed E-state index contributed by atoms with van der Waals surface area (Å²) in [5.41, 5.74) is 1.97. The van der Waals surface area contributed by atoms with Crippen LogP contribution >= 0.6 is 11.3 Å². The Kier molecular flexibility index (Phi) is 2.42. The number of fused-ring (bicyclic) bond motifs is 1. The van der Waals surface area contributed by atoms with Gasteiger partial charge in [0.2, 0.25) is 0 Å². The summed E-state index contributed by atoms with van der Waals surface area (Å²) in [6.45, 7) is -0.169. The van der Waals surface area contributed by atoms with E-state index in [1.54, 1.807) is 21.8 Å².